The number of non-ortho nitro benzene ring substituents is 1. The number of fused-ring (bicyclic) bond motifs is 1. The molecule has 1 aromatic heterocycles. The van der Waals surface area contributed by atoms with Crippen LogP contribution in [0, 0.1) is 10.1 Å². The molecule has 2 aromatic rings. The van der Waals surface area contributed by atoms with Gasteiger partial charge in [-0.2, -0.15) is 0 Å². The fourth-order valence-electron chi connectivity index (χ4n) is 3.32. The molecule has 0 spiro atoms. The maximum Gasteiger partial charge on any atom is 0.270 e. The van der Waals surface area contributed by atoms with Gasteiger partial charge in [0.25, 0.3) is 5.69 Å². The highest BCUT2D eigenvalue weighted by molar-refractivity contribution is 5.86. The molecule has 0 bridgehead atoms. The van der Waals surface area contributed by atoms with E-state index in [1.54, 1.807) is 12.1 Å². The number of rotatable bonds is 3. The van der Waals surface area contributed by atoms with Crippen LogP contribution in [0.4, 0.5) is 5.69 Å². The molecule has 1 aliphatic rings. The van der Waals surface area contributed by atoms with Gasteiger partial charge in [-0.05, 0) is 43.2 Å². The first kappa shape index (κ1) is 13.1. The fourth-order valence-corrected chi connectivity index (χ4v) is 3.32. The number of H-pyrrole nitrogens is 1. The van der Waals surface area contributed by atoms with Gasteiger partial charge in [-0.1, -0.05) is 6.92 Å². The third kappa shape index (κ3) is 2.08. The van der Waals surface area contributed by atoms with Gasteiger partial charge < -0.3 is 10.7 Å². The van der Waals surface area contributed by atoms with Crippen molar-refractivity contribution in [2.75, 3.05) is 0 Å². The number of aromatic amines is 1. The van der Waals surface area contributed by atoms with Crippen molar-refractivity contribution in [1.29, 1.82) is 0 Å². The minimum absolute atomic E-state index is 0.0744. The summed E-state index contributed by atoms with van der Waals surface area (Å²) in [5.74, 6) is 0.399. The van der Waals surface area contributed by atoms with Crippen molar-refractivity contribution in [3.8, 4) is 0 Å². The predicted molar refractivity (Wildman–Crippen MR) is 78.8 cm³/mol. The molecule has 3 rings (SSSR count). The summed E-state index contributed by atoms with van der Waals surface area (Å²) in [6.45, 7) is 2.13. The molecule has 0 amide bonds. The molecule has 1 fully saturated rings. The summed E-state index contributed by atoms with van der Waals surface area (Å²) in [5, 5.41) is 11.9. The average molecular weight is 273 g/mol. The van der Waals surface area contributed by atoms with Gasteiger partial charge in [0.15, 0.2) is 0 Å². The predicted octanol–water partition coefficient (Wildman–Crippen LogP) is 3.45. The molecule has 1 heterocycles. The number of nitrogens with zero attached hydrogens (tertiary/aromatic N) is 1. The first-order chi connectivity index (χ1) is 9.52. The van der Waals surface area contributed by atoms with Crippen LogP contribution in [0.15, 0.2) is 24.4 Å². The molecular weight excluding hydrogens is 254 g/mol. The van der Waals surface area contributed by atoms with E-state index in [-0.39, 0.29) is 16.1 Å². The standard InChI is InChI=1S/C15H19N3O2/c1-2-15(16)6-5-10(8-15)13-9-17-14-4-3-11(18(19)20)7-12(13)14/h3-4,7,9-10,17H,2,5-6,8,16H2,1H3. The maximum absolute atomic E-state index is 10.9. The van der Waals surface area contributed by atoms with E-state index in [1.165, 1.54) is 11.6 Å². The molecule has 106 valence electrons. The van der Waals surface area contributed by atoms with Crippen molar-refractivity contribution in [1.82, 2.24) is 4.98 Å². The Kier molecular flexibility index (Phi) is 3.01. The highest BCUT2D eigenvalue weighted by atomic mass is 16.6. The Morgan fingerprint density at radius 2 is 2.35 bits per heavy atom. The van der Waals surface area contributed by atoms with Crippen LogP contribution in [0.25, 0.3) is 10.9 Å². The molecular formula is C15H19N3O2. The van der Waals surface area contributed by atoms with Crippen LogP contribution in [-0.4, -0.2) is 15.4 Å². The van der Waals surface area contributed by atoms with E-state index >= 15 is 0 Å². The smallest absolute Gasteiger partial charge is 0.270 e. The number of aromatic nitrogens is 1. The zero-order valence-electron chi connectivity index (χ0n) is 11.6. The van der Waals surface area contributed by atoms with Gasteiger partial charge in [0.05, 0.1) is 4.92 Å². The number of nitrogens with two attached hydrogens (primary N) is 1. The minimum atomic E-state index is -0.343. The van der Waals surface area contributed by atoms with Crippen molar-refractivity contribution in [3.63, 3.8) is 0 Å². The summed E-state index contributed by atoms with van der Waals surface area (Å²) in [4.78, 5) is 13.8. The van der Waals surface area contributed by atoms with Crippen molar-refractivity contribution >= 4 is 16.6 Å². The Balaban J connectivity index is 2.00. The van der Waals surface area contributed by atoms with Gasteiger partial charge in [-0.15, -0.1) is 0 Å². The van der Waals surface area contributed by atoms with Crippen LogP contribution in [0.3, 0.4) is 0 Å². The molecule has 5 nitrogen and oxygen atoms in total. The van der Waals surface area contributed by atoms with E-state index in [4.69, 9.17) is 5.73 Å². The molecule has 0 aliphatic heterocycles. The van der Waals surface area contributed by atoms with Gasteiger partial charge in [-0.25, -0.2) is 0 Å². The Morgan fingerprint density at radius 1 is 1.55 bits per heavy atom. The highest BCUT2D eigenvalue weighted by Gasteiger charge is 2.35. The van der Waals surface area contributed by atoms with E-state index in [1.807, 2.05) is 6.20 Å². The van der Waals surface area contributed by atoms with Crippen LogP contribution in [0.1, 0.15) is 44.1 Å². The fraction of sp³-hybridized carbons (Fsp3) is 0.467. The van der Waals surface area contributed by atoms with E-state index in [0.717, 1.165) is 36.6 Å². The Hall–Kier alpha value is -1.88. The van der Waals surface area contributed by atoms with Crippen molar-refractivity contribution in [2.45, 2.75) is 44.1 Å². The number of hydrogen-bond donors (Lipinski definition) is 2. The van der Waals surface area contributed by atoms with Gasteiger partial charge in [0, 0.05) is 34.8 Å². The van der Waals surface area contributed by atoms with Gasteiger partial charge >= 0.3 is 0 Å². The maximum atomic E-state index is 10.9. The van der Waals surface area contributed by atoms with Crippen LogP contribution >= 0.6 is 0 Å². The Bertz CT molecular complexity index is 664. The first-order valence-corrected chi connectivity index (χ1v) is 7.07. The number of nitro groups is 1. The molecule has 1 saturated carbocycles. The zero-order valence-corrected chi connectivity index (χ0v) is 11.6. The zero-order chi connectivity index (χ0) is 14.3. The van der Waals surface area contributed by atoms with Gasteiger partial charge in [-0.3, -0.25) is 10.1 Å². The minimum Gasteiger partial charge on any atom is -0.361 e. The van der Waals surface area contributed by atoms with E-state index in [0.29, 0.717) is 5.92 Å². The van der Waals surface area contributed by atoms with E-state index < -0.39 is 0 Å². The number of nitro benzene ring substituents is 1. The summed E-state index contributed by atoms with van der Waals surface area (Å²) < 4.78 is 0. The summed E-state index contributed by atoms with van der Waals surface area (Å²) in [7, 11) is 0. The summed E-state index contributed by atoms with van der Waals surface area (Å²) in [5.41, 5.74) is 8.55. The van der Waals surface area contributed by atoms with Crippen LogP contribution in [0.2, 0.25) is 0 Å². The summed E-state index contributed by atoms with van der Waals surface area (Å²) >= 11 is 0. The monoisotopic (exact) mass is 273 g/mol. The number of nitrogens with one attached hydrogen (secondary N) is 1. The van der Waals surface area contributed by atoms with Gasteiger partial charge in [0.2, 0.25) is 0 Å². The van der Waals surface area contributed by atoms with Crippen molar-refractivity contribution < 1.29 is 4.92 Å². The average Bonchev–Trinajstić information content (AvgIpc) is 3.02. The normalized spacial score (nSPS) is 26.2. The molecule has 2 unspecified atom stereocenters. The molecule has 0 saturated heterocycles. The lowest BCUT2D eigenvalue weighted by atomic mass is 9.91. The lowest BCUT2D eigenvalue weighted by Crippen LogP contribution is -2.35. The second-order valence-electron chi connectivity index (χ2n) is 5.89. The van der Waals surface area contributed by atoms with Crippen molar-refractivity contribution in [2.24, 2.45) is 5.73 Å². The molecule has 20 heavy (non-hydrogen) atoms. The molecule has 2 atom stereocenters. The third-order valence-electron chi connectivity index (χ3n) is 4.70. The highest BCUT2D eigenvalue weighted by Crippen LogP contribution is 2.43. The lowest BCUT2D eigenvalue weighted by Gasteiger charge is -2.21. The molecule has 0 radical (unpaired) electrons. The van der Waals surface area contributed by atoms with Crippen LogP contribution < -0.4 is 5.73 Å². The second kappa shape index (κ2) is 4.59. The Morgan fingerprint density at radius 3 is 3.00 bits per heavy atom. The van der Waals surface area contributed by atoms with E-state index in [9.17, 15) is 10.1 Å². The van der Waals surface area contributed by atoms with Crippen LogP contribution in [0.5, 0.6) is 0 Å². The molecule has 5 heteroatoms. The lowest BCUT2D eigenvalue weighted by molar-refractivity contribution is -0.384. The number of benzene rings is 1. The largest absolute Gasteiger partial charge is 0.361 e. The molecule has 3 N–H and O–H groups in total. The van der Waals surface area contributed by atoms with Crippen molar-refractivity contribution in [3.05, 3.63) is 40.1 Å². The third-order valence-corrected chi connectivity index (χ3v) is 4.70. The van der Waals surface area contributed by atoms with Gasteiger partial charge in [0.1, 0.15) is 0 Å². The number of hydrogen-bond acceptors (Lipinski definition) is 3. The summed E-state index contributed by atoms with van der Waals surface area (Å²) in [6.07, 6.45) is 6.00. The molecule has 1 aromatic carbocycles. The first-order valence-electron chi connectivity index (χ1n) is 7.07. The Labute approximate surface area is 117 Å². The van der Waals surface area contributed by atoms with Crippen LogP contribution in [-0.2, 0) is 0 Å². The molecule has 1 aliphatic carbocycles. The quantitative estimate of drug-likeness (QED) is 0.663. The van der Waals surface area contributed by atoms with E-state index in [2.05, 4.69) is 11.9 Å². The SMILES string of the molecule is CCC1(N)CCC(c2c[nH]c3ccc([N+](=O)[O-])cc23)C1. The summed E-state index contributed by atoms with van der Waals surface area (Å²) in [6, 6.07) is 4.99. The second-order valence-corrected chi connectivity index (χ2v) is 5.89. The topological polar surface area (TPSA) is 85.0 Å².